The Hall–Kier alpha value is -2.71. The van der Waals surface area contributed by atoms with Gasteiger partial charge in [-0.3, -0.25) is 4.90 Å². The van der Waals surface area contributed by atoms with Gasteiger partial charge in [0, 0.05) is 32.6 Å². The monoisotopic (exact) mass is 398 g/mol. The molecule has 156 valence electrons. The molecule has 2 aromatic rings. The van der Waals surface area contributed by atoms with E-state index < -0.39 is 6.23 Å². The van der Waals surface area contributed by atoms with Crippen LogP contribution in [0.1, 0.15) is 36.5 Å². The first-order valence-corrected chi connectivity index (χ1v) is 9.92. The maximum Gasteiger partial charge on any atom is 0.143 e. The number of hydrogen-bond acceptors (Lipinski definition) is 8. The predicted molar refractivity (Wildman–Crippen MR) is 115 cm³/mol. The minimum absolute atomic E-state index is 0.364. The maximum atomic E-state index is 10.7. The number of oxime groups is 1. The van der Waals surface area contributed by atoms with Gasteiger partial charge >= 0.3 is 0 Å². The highest BCUT2D eigenvalue weighted by Crippen LogP contribution is 2.22. The first-order chi connectivity index (χ1) is 14.0. The van der Waals surface area contributed by atoms with E-state index in [9.17, 15) is 5.11 Å². The predicted octanol–water partition coefficient (Wildman–Crippen LogP) is 1.85. The lowest BCUT2D eigenvalue weighted by atomic mass is 10.0. The molecule has 8 heteroatoms. The second-order valence-electron chi connectivity index (χ2n) is 7.52. The van der Waals surface area contributed by atoms with Gasteiger partial charge in [0.15, 0.2) is 0 Å². The Balaban J connectivity index is 1.60. The quantitative estimate of drug-likeness (QED) is 0.542. The molecule has 0 spiro atoms. The second kappa shape index (κ2) is 9.67. The number of aromatic nitrogens is 2. The SMILES string of the molecule is CO/N=C/c1c(N)ncnc1N1CCN(C(O)Cc2ccc(C(C)C)cc2)CC1. The molecule has 3 N–H and O–H groups in total. The van der Waals surface area contributed by atoms with Gasteiger partial charge in [-0.2, -0.15) is 0 Å². The van der Waals surface area contributed by atoms with E-state index in [0.717, 1.165) is 37.6 Å². The zero-order valence-electron chi connectivity index (χ0n) is 17.3. The van der Waals surface area contributed by atoms with Gasteiger partial charge in [0.2, 0.25) is 0 Å². The van der Waals surface area contributed by atoms with Crippen molar-refractivity contribution in [3.8, 4) is 0 Å². The average molecular weight is 399 g/mol. The summed E-state index contributed by atoms with van der Waals surface area (Å²) in [5, 5.41) is 14.5. The number of rotatable bonds is 7. The smallest absolute Gasteiger partial charge is 0.143 e. The molecule has 1 aromatic heterocycles. The van der Waals surface area contributed by atoms with Crippen molar-refractivity contribution < 1.29 is 9.94 Å². The molecule has 0 amide bonds. The van der Waals surface area contributed by atoms with Crippen LogP contribution in [-0.2, 0) is 11.3 Å². The molecule has 29 heavy (non-hydrogen) atoms. The van der Waals surface area contributed by atoms with Crippen molar-refractivity contribution in [1.82, 2.24) is 14.9 Å². The van der Waals surface area contributed by atoms with E-state index in [1.54, 1.807) is 0 Å². The number of benzene rings is 1. The zero-order valence-corrected chi connectivity index (χ0v) is 17.3. The lowest BCUT2D eigenvalue weighted by Crippen LogP contribution is -2.51. The average Bonchev–Trinajstić information content (AvgIpc) is 2.73. The molecular weight excluding hydrogens is 368 g/mol. The summed E-state index contributed by atoms with van der Waals surface area (Å²) in [6.07, 6.45) is 3.10. The normalized spacial score (nSPS) is 16.5. The fraction of sp³-hybridized carbons (Fsp3) is 0.476. The highest BCUT2D eigenvalue weighted by molar-refractivity contribution is 5.91. The number of aliphatic hydroxyl groups is 1. The van der Waals surface area contributed by atoms with Crippen LogP contribution in [-0.4, -0.2) is 65.7 Å². The van der Waals surface area contributed by atoms with Gasteiger partial charge in [-0.05, 0) is 17.0 Å². The van der Waals surface area contributed by atoms with E-state index >= 15 is 0 Å². The zero-order chi connectivity index (χ0) is 20.8. The number of anilines is 2. The number of nitrogens with two attached hydrogens (primary N) is 1. The Morgan fingerprint density at radius 2 is 1.86 bits per heavy atom. The third-order valence-electron chi connectivity index (χ3n) is 5.28. The van der Waals surface area contributed by atoms with E-state index in [4.69, 9.17) is 10.6 Å². The fourth-order valence-electron chi connectivity index (χ4n) is 3.49. The van der Waals surface area contributed by atoms with Gasteiger partial charge < -0.3 is 20.6 Å². The minimum atomic E-state index is -0.507. The molecule has 3 rings (SSSR count). The molecule has 1 saturated heterocycles. The minimum Gasteiger partial charge on any atom is -0.399 e. The summed E-state index contributed by atoms with van der Waals surface area (Å²) >= 11 is 0. The van der Waals surface area contributed by atoms with Crippen molar-refractivity contribution in [3.05, 3.63) is 47.3 Å². The van der Waals surface area contributed by atoms with Crippen LogP contribution < -0.4 is 10.6 Å². The molecule has 1 fully saturated rings. The standard InChI is InChI=1S/C21H30N6O2/c1-15(2)17-6-4-16(5-7-17)12-19(28)26-8-10-27(11-9-26)21-18(13-25-29-3)20(22)23-14-24-21/h4-7,13-15,19,28H,8-12H2,1-3H3,(H2,22,23,24)/b25-13+. The van der Waals surface area contributed by atoms with Crippen molar-refractivity contribution in [3.63, 3.8) is 0 Å². The summed E-state index contributed by atoms with van der Waals surface area (Å²) in [6, 6.07) is 8.51. The fourth-order valence-corrected chi connectivity index (χ4v) is 3.49. The summed E-state index contributed by atoms with van der Waals surface area (Å²) in [7, 11) is 1.48. The van der Waals surface area contributed by atoms with Crippen molar-refractivity contribution in [2.24, 2.45) is 5.16 Å². The van der Waals surface area contributed by atoms with Crippen LogP contribution in [0, 0.1) is 0 Å². The number of hydrogen-bond donors (Lipinski definition) is 2. The lowest BCUT2D eigenvalue weighted by molar-refractivity contribution is 0.00102. The highest BCUT2D eigenvalue weighted by atomic mass is 16.6. The Morgan fingerprint density at radius 3 is 2.48 bits per heavy atom. The van der Waals surface area contributed by atoms with E-state index in [0.29, 0.717) is 23.7 Å². The van der Waals surface area contributed by atoms with Crippen molar-refractivity contribution in [2.45, 2.75) is 32.4 Å². The van der Waals surface area contributed by atoms with Crippen molar-refractivity contribution in [2.75, 3.05) is 43.9 Å². The molecule has 1 aliphatic heterocycles. The van der Waals surface area contributed by atoms with Crippen LogP contribution >= 0.6 is 0 Å². The first kappa shape index (κ1) is 21.0. The third-order valence-corrected chi connectivity index (χ3v) is 5.28. The number of aliphatic hydroxyl groups excluding tert-OH is 1. The van der Waals surface area contributed by atoms with Crippen LogP contribution in [0.15, 0.2) is 35.7 Å². The number of nitrogens with zero attached hydrogens (tertiary/aromatic N) is 5. The van der Waals surface area contributed by atoms with E-state index in [1.807, 2.05) is 0 Å². The van der Waals surface area contributed by atoms with E-state index in [1.165, 1.54) is 25.2 Å². The first-order valence-electron chi connectivity index (χ1n) is 9.92. The summed E-state index contributed by atoms with van der Waals surface area (Å²) < 4.78 is 0. The molecule has 1 atom stereocenters. The molecule has 1 unspecified atom stereocenters. The third kappa shape index (κ3) is 5.21. The Morgan fingerprint density at radius 1 is 1.17 bits per heavy atom. The Bertz CT molecular complexity index is 816. The highest BCUT2D eigenvalue weighted by Gasteiger charge is 2.25. The molecule has 0 saturated carbocycles. The summed E-state index contributed by atoms with van der Waals surface area (Å²) in [6.45, 7) is 7.29. The molecule has 0 aliphatic carbocycles. The van der Waals surface area contributed by atoms with Crippen molar-refractivity contribution >= 4 is 17.9 Å². The van der Waals surface area contributed by atoms with Gasteiger partial charge in [-0.15, -0.1) is 0 Å². The van der Waals surface area contributed by atoms with Crippen LogP contribution in [0.3, 0.4) is 0 Å². The Labute approximate surface area is 172 Å². The molecule has 1 aliphatic rings. The number of nitrogen functional groups attached to an aromatic ring is 1. The van der Waals surface area contributed by atoms with Crippen LogP contribution in [0.5, 0.6) is 0 Å². The molecule has 1 aromatic carbocycles. The van der Waals surface area contributed by atoms with Gasteiger partial charge in [-0.25, -0.2) is 9.97 Å². The van der Waals surface area contributed by atoms with Crippen molar-refractivity contribution in [1.29, 1.82) is 0 Å². The van der Waals surface area contributed by atoms with Gasteiger partial charge in [0.05, 0.1) is 11.8 Å². The molecule has 0 bridgehead atoms. The largest absolute Gasteiger partial charge is 0.399 e. The molecular formula is C21H30N6O2. The van der Waals surface area contributed by atoms with E-state index in [2.05, 4.69) is 63.0 Å². The lowest BCUT2D eigenvalue weighted by Gasteiger charge is -2.38. The number of piperazine rings is 1. The van der Waals surface area contributed by atoms with Gasteiger partial charge in [0.25, 0.3) is 0 Å². The van der Waals surface area contributed by atoms with Crippen LogP contribution in [0.25, 0.3) is 0 Å². The maximum absolute atomic E-state index is 10.7. The summed E-state index contributed by atoms with van der Waals surface area (Å²) in [4.78, 5) is 17.4. The van der Waals surface area contributed by atoms with E-state index in [-0.39, 0.29) is 0 Å². The molecule has 2 heterocycles. The second-order valence-corrected chi connectivity index (χ2v) is 7.52. The summed E-state index contributed by atoms with van der Waals surface area (Å²) in [5.74, 6) is 1.61. The van der Waals surface area contributed by atoms with Gasteiger partial charge in [0.1, 0.15) is 31.3 Å². The van der Waals surface area contributed by atoms with Crippen LogP contribution in [0.4, 0.5) is 11.6 Å². The molecule has 0 radical (unpaired) electrons. The topological polar surface area (TPSA) is 100 Å². The van der Waals surface area contributed by atoms with Crippen LogP contribution in [0.2, 0.25) is 0 Å². The summed E-state index contributed by atoms with van der Waals surface area (Å²) in [5.41, 5.74) is 9.09. The Kier molecular flexibility index (Phi) is 7.00. The molecule has 8 nitrogen and oxygen atoms in total. The van der Waals surface area contributed by atoms with Gasteiger partial charge in [-0.1, -0.05) is 43.3 Å².